The summed E-state index contributed by atoms with van der Waals surface area (Å²) in [5.41, 5.74) is 1.10. The standard InChI is InChI=1S/C11H15N2OS2/c15-6-4-13-3-5-14-8-10(13)9-1-2-12-11(16)7-9/h1-2,10,15H,3-6,8H2,(H,12,16). The first-order valence-corrected chi connectivity index (χ1v) is 6.39. The van der Waals surface area contributed by atoms with Crippen molar-refractivity contribution in [2.24, 2.45) is 0 Å². The Bertz CT molecular complexity index is 392. The normalized spacial score (nSPS) is 22.2. The number of ether oxygens (including phenoxy) is 1. The summed E-state index contributed by atoms with van der Waals surface area (Å²) < 4.78 is 6.17. The number of aromatic amines is 1. The van der Waals surface area contributed by atoms with Gasteiger partial charge in [-0.2, -0.15) is 12.6 Å². The van der Waals surface area contributed by atoms with Crippen LogP contribution in [0.3, 0.4) is 0 Å². The van der Waals surface area contributed by atoms with Crippen molar-refractivity contribution in [3.05, 3.63) is 28.5 Å². The van der Waals surface area contributed by atoms with Gasteiger partial charge < -0.3 is 9.72 Å². The summed E-state index contributed by atoms with van der Waals surface area (Å²) in [7, 11) is 0. The zero-order valence-electron chi connectivity index (χ0n) is 8.98. The summed E-state index contributed by atoms with van der Waals surface area (Å²) in [6.07, 6.45) is 1.86. The van der Waals surface area contributed by atoms with Crippen LogP contribution in [-0.4, -0.2) is 41.9 Å². The van der Waals surface area contributed by atoms with Gasteiger partial charge in [-0.25, -0.2) is 0 Å². The van der Waals surface area contributed by atoms with Gasteiger partial charge in [0.15, 0.2) is 0 Å². The van der Waals surface area contributed by atoms with Crippen molar-refractivity contribution in [1.29, 1.82) is 0 Å². The molecule has 1 unspecified atom stereocenters. The number of nitrogens with zero attached hydrogens (tertiary/aromatic N) is 1. The second-order valence-corrected chi connectivity index (χ2v) is 4.59. The highest BCUT2D eigenvalue weighted by Crippen LogP contribution is 2.23. The Labute approximate surface area is 106 Å². The summed E-state index contributed by atoms with van der Waals surface area (Å²) in [6, 6.07) is 5.45. The maximum atomic E-state index is 5.52. The van der Waals surface area contributed by atoms with E-state index in [1.165, 1.54) is 0 Å². The van der Waals surface area contributed by atoms with Gasteiger partial charge in [0.1, 0.15) is 4.64 Å². The van der Waals surface area contributed by atoms with Crippen LogP contribution in [0.1, 0.15) is 11.6 Å². The highest BCUT2D eigenvalue weighted by molar-refractivity contribution is 7.80. The smallest absolute Gasteiger partial charge is 0.111 e. The van der Waals surface area contributed by atoms with Gasteiger partial charge in [0.25, 0.3) is 0 Å². The van der Waals surface area contributed by atoms with E-state index in [1.54, 1.807) is 0 Å². The molecular formula is C11H15N2OS2. The molecule has 1 atom stereocenters. The molecule has 87 valence electrons. The molecule has 0 saturated carbocycles. The third-order valence-electron chi connectivity index (χ3n) is 2.72. The largest absolute Gasteiger partial charge is 0.378 e. The SMILES string of the molecule is S=c1[c]c(C2COCCN2CCS)cc[nH]1. The molecule has 16 heavy (non-hydrogen) atoms. The number of H-pyrrole nitrogens is 1. The lowest BCUT2D eigenvalue weighted by Crippen LogP contribution is -2.40. The molecule has 0 aromatic carbocycles. The molecule has 1 radical (unpaired) electrons. The highest BCUT2D eigenvalue weighted by Gasteiger charge is 2.23. The predicted molar refractivity (Wildman–Crippen MR) is 69.4 cm³/mol. The quantitative estimate of drug-likeness (QED) is 0.638. The van der Waals surface area contributed by atoms with E-state index < -0.39 is 0 Å². The molecule has 2 rings (SSSR count). The Kier molecular flexibility index (Phi) is 4.40. The van der Waals surface area contributed by atoms with Gasteiger partial charge in [0, 0.05) is 31.1 Å². The van der Waals surface area contributed by atoms with E-state index in [0.717, 1.165) is 31.0 Å². The van der Waals surface area contributed by atoms with Gasteiger partial charge >= 0.3 is 0 Å². The summed E-state index contributed by atoms with van der Waals surface area (Å²) >= 11 is 9.37. The van der Waals surface area contributed by atoms with Gasteiger partial charge in [0.2, 0.25) is 0 Å². The van der Waals surface area contributed by atoms with Gasteiger partial charge in [-0.05, 0) is 11.6 Å². The number of aromatic nitrogens is 1. The molecule has 2 heterocycles. The first-order chi connectivity index (χ1) is 7.81. The van der Waals surface area contributed by atoms with Crippen molar-refractivity contribution in [3.63, 3.8) is 0 Å². The molecule has 1 aromatic rings. The molecular weight excluding hydrogens is 240 g/mol. The molecule has 1 aromatic heterocycles. The van der Waals surface area contributed by atoms with E-state index in [4.69, 9.17) is 17.0 Å². The molecule has 5 heteroatoms. The number of thiol groups is 1. The minimum atomic E-state index is 0.261. The third-order valence-corrected chi connectivity index (χ3v) is 3.14. The Morgan fingerprint density at radius 3 is 3.31 bits per heavy atom. The van der Waals surface area contributed by atoms with Crippen LogP contribution in [0.2, 0.25) is 0 Å². The van der Waals surface area contributed by atoms with Gasteiger partial charge in [0.05, 0.1) is 19.3 Å². The molecule has 1 aliphatic heterocycles. The minimum Gasteiger partial charge on any atom is -0.378 e. The Balaban J connectivity index is 2.19. The lowest BCUT2D eigenvalue weighted by molar-refractivity contribution is -0.00529. The van der Waals surface area contributed by atoms with Crippen molar-refractivity contribution in [1.82, 2.24) is 9.88 Å². The third kappa shape index (κ3) is 2.85. The lowest BCUT2D eigenvalue weighted by Gasteiger charge is -2.35. The molecule has 0 spiro atoms. The van der Waals surface area contributed by atoms with E-state index in [9.17, 15) is 0 Å². The lowest BCUT2D eigenvalue weighted by atomic mass is 10.1. The molecule has 1 saturated heterocycles. The molecule has 3 nitrogen and oxygen atoms in total. The van der Waals surface area contributed by atoms with Crippen molar-refractivity contribution in [3.8, 4) is 0 Å². The zero-order chi connectivity index (χ0) is 11.4. The zero-order valence-corrected chi connectivity index (χ0v) is 10.7. The number of pyridine rings is 1. The van der Waals surface area contributed by atoms with Crippen LogP contribution in [0.15, 0.2) is 12.3 Å². The second kappa shape index (κ2) is 5.82. The van der Waals surface area contributed by atoms with Crippen molar-refractivity contribution in [2.45, 2.75) is 6.04 Å². The van der Waals surface area contributed by atoms with E-state index >= 15 is 0 Å². The van der Waals surface area contributed by atoms with Crippen LogP contribution >= 0.6 is 24.8 Å². The van der Waals surface area contributed by atoms with Crippen LogP contribution in [0.4, 0.5) is 0 Å². The Morgan fingerprint density at radius 2 is 2.56 bits per heavy atom. The molecule has 1 N–H and O–H groups in total. The van der Waals surface area contributed by atoms with E-state index in [1.807, 2.05) is 12.3 Å². The molecule has 1 aliphatic rings. The van der Waals surface area contributed by atoms with Crippen LogP contribution < -0.4 is 0 Å². The van der Waals surface area contributed by atoms with Crippen LogP contribution in [0.25, 0.3) is 0 Å². The van der Waals surface area contributed by atoms with E-state index in [2.05, 4.69) is 28.6 Å². The molecule has 1 fully saturated rings. The number of morpholine rings is 1. The number of hydrogen-bond donors (Lipinski definition) is 2. The van der Waals surface area contributed by atoms with Crippen LogP contribution in [0, 0.1) is 10.7 Å². The predicted octanol–water partition coefficient (Wildman–Crippen LogP) is 1.85. The van der Waals surface area contributed by atoms with E-state index in [0.29, 0.717) is 11.2 Å². The second-order valence-electron chi connectivity index (χ2n) is 3.74. The summed E-state index contributed by atoms with van der Waals surface area (Å²) in [6.45, 7) is 3.42. The average molecular weight is 255 g/mol. The first-order valence-electron chi connectivity index (χ1n) is 5.35. The molecule has 0 amide bonds. The maximum absolute atomic E-state index is 5.52. The summed E-state index contributed by atoms with van der Waals surface area (Å²) in [4.78, 5) is 5.31. The average Bonchev–Trinajstić information content (AvgIpc) is 2.30. The topological polar surface area (TPSA) is 28.3 Å². The first kappa shape index (κ1) is 12.1. The fourth-order valence-corrected chi connectivity index (χ4v) is 2.37. The van der Waals surface area contributed by atoms with Crippen molar-refractivity contribution >= 4 is 24.8 Å². The number of nitrogens with one attached hydrogen (secondary N) is 1. The number of rotatable bonds is 3. The van der Waals surface area contributed by atoms with Crippen molar-refractivity contribution in [2.75, 3.05) is 32.1 Å². The maximum Gasteiger partial charge on any atom is 0.111 e. The van der Waals surface area contributed by atoms with Crippen LogP contribution in [0.5, 0.6) is 0 Å². The van der Waals surface area contributed by atoms with Gasteiger partial charge in [-0.15, -0.1) is 0 Å². The monoisotopic (exact) mass is 255 g/mol. The highest BCUT2D eigenvalue weighted by atomic mass is 32.1. The van der Waals surface area contributed by atoms with Gasteiger partial charge in [-0.1, -0.05) is 12.2 Å². The minimum absolute atomic E-state index is 0.261. The van der Waals surface area contributed by atoms with E-state index in [-0.39, 0.29) is 6.04 Å². The fourth-order valence-electron chi connectivity index (χ4n) is 1.93. The Hall–Kier alpha value is -0.360. The van der Waals surface area contributed by atoms with Crippen molar-refractivity contribution < 1.29 is 4.74 Å². The number of hydrogen-bond acceptors (Lipinski definition) is 4. The van der Waals surface area contributed by atoms with Gasteiger partial charge in [-0.3, -0.25) is 4.90 Å². The fraction of sp³-hybridized carbons (Fsp3) is 0.545. The molecule has 0 aliphatic carbocycles. The molecule has 0 bridgehead atoms. The van der Waals surface area contributed by atoms with Crippen LogP contribution in [-0.2, 0) is 4.74 Å². The Morgan fingerprint density at radius 1 is 1.69 bits per heavy atom. The summed E-state index contributed by atoms with van der Waals surface area (Å²) in [5, 5.41) is 0. The summed E-state index contributed by atoms with van der Waals surface area (Å²) in [5.74, 6) is 0.857.